The lowest BCUT2D eigenvalue weighted by Gasteiger charge is -2.15. The van der Waals surface area contributed by atoms with Gasteiger partial charge in [-0.15, -0.1) is 0 Å². The van der Waals surface area contributed by atoms with E-state index < -0.39 is 34.6 Å². The molecular formula is C15H7BrClF4N3O3. The number of nitrogens with one attached hydrogen (secondary N) is 1. The fraction of sp³-hybridized carbons (Fsp3) is 0.133. The number of hydrogen-bond donors (Lipinski definition) is 1. The number of alkyl halides is 3. The standard InChI is InChI=1S/C15H7BrClF4N3O3/c1-23-8(15(19,20)21)3-9(26)24(14(23)27)13-6(18)2-5(17)10-11(16)7(4-25)22-12(10)13/h2-4,22H,1H3. The van der Waals surface area contributed by atoms with E-state index in [1.807, 2.05) is 0 Å². The second-order valence-electron chi connectivity index (χ2n) is 5.45. The molecule has 0 amide bonds. The van der Waals surface area contributed by atoms with E-state index >= 15 is 0 Å². The summed E-state index contributed by atoms with van der Waals surface area (Å²) in [5.41, 5.74) is -5.21. The molecule has 0 aliphatic carbocycles. The van der Waals surface area contributed by atoms with Crippen LogP contribution in [0.1, 0.15) is 16.2 Å². The molecule has 0 spiro atoms. The fourth-order valence-electron chi connectivity index (χ4n) is 2.67. The molecular weight excluding hydrogens is 462 g/mol. The van der Waals surface area contributed by atoms with Crippen molar-refractivity contribution in [3.8, 4) is 5.69 Å². The molecule has 6 nitrogen and oxygen atoms in total. The van der Waals surface area contributed by atoms with Crippen molar-refractivity contribution in [1.29, 1.82) is 0 Å². The Balaban J connectivity index is 2.52. The van der Waals surface area contributed by atoms with Gasteiger partial charge >= 0.3 is 11.9 Å². The van der Waals surface area contributed by atoms with Gasteiger partial charge in [0.25, 0.3) is 5.56 Å². The molecule has 27 heavy (non-hydrogen) atoms. The number of aromatic nitrogens is 3. The smallest absolute Gasteiger partial charge is 0.350 e. The van der Waals surface area contributed by atoms with Gasteiger partial charge < -0.3 is 4.98 Å². The van der Waals surface area contributed by atoms with Crippen LogP contribution in [-0.2, 0) is 13.2 Å². The Morgan fingerprint density at radius 2 is 1.89 bits per heavy atom. The van der Waals surface area contributed by atoms with Crippen molar-refractivity contribution < 1.29 is 22.4 Å². The van der Waals surface area contributed by atoms with Crippen molar-refractivity contribution in [3.05, 3.63) is 59.7 Å². The van der Waals surface area contributed by atoms with Gasteiger partial charge in [0.2, 0.25) is 0 Å². The fourth-order valence-corrected chi connectivity index (χ4v) is 3.68. The van der Waals surface area contributed by atoms with E-state index in [4.69, 9.17) is 11.6 Å². The molecule has 12 heteroatoms. The highest BCUT2D eigenvalue weighted by atomic mass is 79.9. The van der Waals surface area contributed by atoms with Crippen LogP contribution in [0.2, 0.25) is 5.02 Å². The summed E-state index contributed by atoms with van der Waals surface area (Å²) in [6.45, 7) is 0. The highest BCUT2D eigenvalue weighted by molar-refractivity contribution is 9.10. The van der Waals surface area contributed by atoms with Gasteiger partial charge in [0.05, 0.1) is 20.7 Å². The number of aldehydes is 1. The summed E-state index contributed by atoms with van der Waals surface area (Å²) in [6, 6.07) is 0.968. The number of carbonyl (C=O) groups excluding carboxylic acids is 1. The zero-order valence-electron chi connectivity index (χ0n) is 13.1. The SMILES string of the molecule is Cn1c(C(F)(F)F)cc(=O)n(-c2c(F)cc(Cl)c3c(Br)c(C=O)[nH]c23)c1=O. The molecule has 0 fully saturated rings. The first-order valence-corrected chi connectivity index (χ1v) is 8.21. The van der Waals surface area contributed by atoms with Crippen LogP contribution in [0.4, 0.5) is 17.6 Å². The Kier molecular flexibility index (Phi) is 4.55. The number of nitrogens with zero attached hydrogens (tertiary/aromatic N) is 2. The maximum absolute atomic E-state index is 14.6. The van der Waals surface area contributed by atoms with Crippen molar-refractivity contribution in [1.82, 2.24) is 14.1 Å². The topological polar surface area (TPSA) is 76.9 Å². The van der Waals surface area contributed by atoms with Crippen LogP contribution >= 0.6 is 27.5 Å². The first-order valence-electron chi connectivity index (χ1n) is 7.04. The highest BCUT2D eigenvalue weighted by Crippen LogP contribution is 2.37. The van der Waals surface area contributed by atoms with E-state index in [2.05, 4.69) is 20.9 Å². The predicted molar refractivity (Wildman–Crippen MR) is 92.2 cm³/mol. The van der Waals surface area contributed by atoms with Gasteiger partial charge in [0, 0.05) is 18.5 Å². The summed E-state index contributed by atoms with van der Waals surface area (Å²) < 4.78 is 54.1. The van der Waals surface area contributed by atoms with Gasteiger partial charge in [-0.1, -0.05) is 11.6 Å². The maximum atomic E-state index is 14.6. The third-order valence-corrected chi connectivity index (χ3v) is 4.99. The molecule has 2 heterocycles. The molecule has 142 valence electrons. The molecule has 0 bridgehead atoms. The average molecular weight is 469 g/mol. The normalized spacial score (nSPS) is 12.0. The van der Waals surface area contributed by atoms with Crippen LogP contribution in [0.5, 0.6) is 0 Å². The monoisotopic (exact) mass is 467 g/mol. The van der Waals surface area contributed by atoms with E-state index in [0.29, 0.717) is 6.29 Å². The highest BCUT2D eigenvalue weighted by Gasteiger charge is 2.35. The van der Waals surface area contributed by atoms with E-state index in [1.54, 1.807) is 0 Å². The second-order valence-corrected chi connectivity index (χ2v) is 6.65. The number of hydrogen-bond acceptors (Lipinski definition) is 3. The molecule has 0 saturated carbocycles. The first kappa shape index (κ1) is 19.4. The van der Waals surface area contributed by atoms with Crippen molar-refractivity contribution in [2.24, 2.45) is 7.05 Å². The number of carbonyl (C=O) groups is 1. The number of fused-ring (bicyclic) bond motifs is 1. The van der Waals surface area contributed by atoms with Gasteiger partial charge in [-0.25, -0.2) is 13.8 Å². The molecule has 3 rings (SSSR count). The van der Waals surface area contributed by atoms with Crippen LogP contribution in [0.15, 0.2) is 26.2 Å². The van der Waals surface area contributed by atoms with Gasteiger partial charge in [-0.2, -0.15) is 13.2 Å². The van der Waals surface area contributed by atoms with Crippen molar-refractivity contribution in [3.63, 3.8) is 0 Å². The molecule has 0 atom stereocenters. The molecule has 1 N–H and O–H groups in total. The summed E-state index contributed by atoms with van der Waals surface area (Å²) in [5.74, 6) is -1.14. The lowest BCUT2D eigenvalue weighted by molar-refractivity contribution is -0.144. The zero-order valence-corrected chi connectivity index (χ0v) is 15.5. The van der Waals surface area contributed by atoms with Gasteiger partial charge in [-0.3, -0.25) is 14.2 Å². The van der Waals surface area contributed by atoms with Crippen LogP contribution < -0.4 is 11.2 Å². The predicted octanol–water partition coefficient (Wildman–Crippen LogP) is 3.40. The molecule has 0 saturated heterocycles. The summed E-state index contributed by atoms with van der Waals surface area (Å²) in [7, 11) is 0.799. The Bertz CT molecular complexity index is 1230. The molecule has 2 aromatic heterocycles. The molecule has 0 unspecified atom stereocenters. The third-order valence-electron chi connectivity index (χ3n) is 3.87. The Labute approximate surface area is 160 Å². The minimum Gasteiger partial charge on any atom is -0.350 e. The Hall–Kier alpha value is -2.40. The van der Waals surface area contributed by atoms with Gasteiger partial charge in [0.1, 0.15) is 11.4 Å². The van der Waals surface area contributed by atoms with E-state index in [-0.39, 0.29) is 41.3 Å². The number of aromatic amines is 1. The van der Waals surface area contributed by atoms with Gasteiger partial charge in [-0.05, 0) is 22.0 Å². The van der Waals surface area contributed by atoms with Crippen molar-refractivity contribution in [2.75, 3.05) is 0 Å². The van der Waals surface area contributed by atoms with Gasteiger partial charge in [0.15, 0.2) is 12.1 Å². The summed E-state index contributed by atoms with van der Waals surface area (Å²) in [6.07, 6.45) is -4.57. The van der Waals surface area contributed by atoms with Crippen LogP contribution in [0.3, 0.4) is 0 Å². The molecule has 3 aromatic rings. The van der Waals surface area contributed by atoms with Crippen LogP contribution in [0.25, 0.3) is 16.6 Å². The zero-order chi connectivity index (χ0) is 20.3. The number of rotatable bonds is 2. The Morgan fingerprint density at radius 3 is 2.44 bits per heavy atom. The second kappa shape index (κ2) is 6.34. The van der Waals surface area contributed by atoms with E-state index in [0.717, 1.165) is 13.1 Å². The first-order chi connectivity index (χ1) is 12.5. The maximum Gasteiger partial charge on any atom is 0.431 e. The molecule has 1 aromatic carbocycles. The quantitative estimate of drug-likeness (QED) is 0.463. The number of H-pyrrole nitrogens is 1. The van der Waals surface area contributed by atoms with E-state index in [9.17, 15) is 31.9 Å². The Morgan fingerprint density at radius 1 is 1.26 bits per heavy atom. The van der Waals surface area contributed by atoms with Crippen molar-refractivity contribution in [2.45, 2.75) is 6.18 Å². The molecule has 0 aliphatic rings. The summed E-state index contributed by atoms with van der Waals surface area (Å²) >= 11 is 9.06. The lowest BCUT2D eigenvalue weighted by Crippen LogP contribution is -2.41. The third kappa shape index (κ3) is 2.90. The van der Waals surface area contributed by atoms with Crippen molar-refractivity contribution >= 4 is 44.7 Å². The minimum atomic E-state index is -4.96. The number of benzene rings is 1. The summed E-state index contributed by atoms with van der Waals surface area (Å²) in [4.78, 5) is 38.3. The lowest BCUT2D eigenvalue weighted by atomic mass is 10.2. The van der Waals surface area contributed by atoms with E-state index in [1.165, 1.54) is 0 Å². The molecule has 0 radical (unpaired) electrons. The molecule has 0 aliphatic heterocycles. The van der Waals surface area contributed by atoms with Crippen LogP contribution in [-0.4, -0.2) is 20.4 Å². The minimum absolute atomic E-state index is 0.0597. The summed E-state index contributed by atoms with van der Waals surface area (Å²) in [5, 5.41) is -0.0525. The largest absolute Gasteiger partial charge is 0.431 e. The average Bonchev–Trinajstić information content (AvgIpc) is 2.89. The number of halogens is 6. The van der Waals surface area contributed by atoms with Crippen LogP contribution in [0, 0.1) is 5.82 Å².